The van der Waals surface area contributed by atoms with Gasteiger partial charge in [-0.1, -0.05) is 17.8 Å². The first-order chi connectivity index (χ1) is 15.8. The van der Waals surface area contributed by atoms with Gasteiger partial charge in [0.15, 0.2) is 16.7 Å². The van der Waals surface area contributed by atoms with Crippen LogP contribution in [0.5, 0.6) is 0 Å². The minimum Gasteiger partial charge on any atom is -0.461 e. The Labute approximate surface area is 196 Å². The minimum atomic E-state index is -3.68. The maximum atomic E-state index is 13.1. The monoisotopic (exact) mass is 491 g/mol. The summed E-state index contributed by atoms with van der Waals surface area (Å²) in [6.07, 6.45) is 1.56. The molecule has 1 aromatic carbocycles. The Kier molecular flexibility index (Phi) is 6.88. The van der Waals surface area contributed by atoms with E-state index in [2.05, 4.69) is 15.5 Å². The molecular weight excluding hydrogens is 466 g/mol. The second kappa shape index (κ2) is 9.67. The number of hydrogen-bond donors (Lipinski definition) is 1. The fourth-order valence-electron chi connectivity index (χ4n) is 3.38. The normalized spacial score (nSPS) is 16.0. The van der Waals surface area contributed by atoms with Crippen LogP contribution in [0.25, 0.3) is 11.6 Å². The van der Waals surface area contributed by atoms with E-state index < -0.39 is 15.3 Å². The predicted molar refractivity (Wildman–Crippen MR) is 123 cm³/mol. The highest BCUT2D eigenvalue weighted by Crippen LogP contribution is 2.28. The van der Waals surface area contributed by atoms with E-state index in [4.69, 9.17) is 9.15 Å². The molecule has 1 atom stereocenters. The number of rotatable bonds is 7. The Morgan fingerprint density at radius 3 is 2.67 bits per heavy atom. The summed E-state index contributed by atoms with van der Waals surface area (Å²) in [5, 5.41) is 11.2. The molecule has 1 N–H and O–H groups in total. The van der Waals surface area contributed by atoms with E-state index in [0.29, 0.717) is 54.3 Å². The quantitative estimate of drug-likeness (QED) is 0.501. The molecule has 4 rings (SSSR count). The highest BCUT2D eigenvalue weighted by atomic mass is 32.2. The number of ether oxygens (including phenoxy) is 1. The van der Waals surface area contributed by atoms with E-state index in [-0.39, 0.29) is 10.8 Å². The van der Waals surface area contributed by atoms with Crippen molar-refractivity contribution in [1.82, 2.24) is 19.1 Å². The Hall–Kier alpha value is -2.67. The maximum absolute atomic E-state index is 13.1. The third kappa shape index (κ3) is 4.98. The lowest BCUT2D eigenvalue weighted by Crippen LogP contribution is -2.40. The van der Waals surface area contributed by atoms with Gasteiger partial charge >= 0.3 is 0 Å². The van der Waals surface area contributed by atoms with Crippen LogP contribution < -0.4 is 5.32 Å². The van der Waals surface area contributed by atoms with Gasteiger partial charge in [0.2, 0.25) is 15.9 Å². The topological polar surface area (TPSA) is 120 Å². The lowest BCUT2D eigenvalue weighted by Gasteiger charge is -2.27. The molecule has 0 aliphatic carbocycles. The van der Waals surface area contributed by atoms with Gasteiger partial charge < -0.3 is 19.0 Å². The van der Waals surface area contributed by atoms with Crippen molar-refractivity contribution in [2.75, 3.05) is 31.6 Å². The van der Waals surface area contributed by atoms with Crippen molar-refractivity contribution in [3.05, 3.63) is 42.2 Å². The molecule has 1 amide bonds. The molecule has 33 heavy (non-hydrogen) atoms. The van der Waals surface area contributed by atoms with Crippen LogP contribution in [0.2, 0.25) is 0 Å². The number of morpholine rings is 1. The summed E-state index contributed by atoms with van der Waals surface area (Å²) in [4.78, 5) is 13.0. The van der Waals surface area contributed by atoms with Gasteiger partial charge in [-0.3, -0.25) is 4.79 Å². The van der Waals surface area contributed by atoms with Crippen LogP contribution in [0, 0.1) is 6.92 Å². The van der Waals surface area contributed by atoms with Crippen molar-refractivity contribution >= 4 is 33.4 Å². The van der Waals surface area contributed by atoms with E-state index >= 15 is 0 Å². The second-order valence-corrected chi connectivity index (χ2v) is 10.8. The molecule has 0 radical (unpaired) electrons. The molecule has 0 spiro atoms. The molecule has 2 aromatic heterocycles. The number of nitrogens with zero attached hydrogens (tertiary/aromatic N) is 4. The van der Waals surface area contributed by atoms with Gasteiger partial charge in [-0.15, -0.1) is 10.2 Å². The lowest BCUT2D eigenvalue weighted by molar-refractivity contribution is -0.115. The first-order valence-electron chi connectivity index (χ1n) is 10.4. The van der Waals surface area contributed by atoms with Gasteiger partial charge in [-0.2, -0.15) is 4.31 Å². The van der Waals surface area contributed by atoms with Crippen LogP contribution in [0.1, 0.15) is 12.5 Å². The largest absolute Gasteiger partial charge is 0.461 e. The Morgan fingerprint density at radius 1 is 1.21 bits per heavy atom. The minimum absolute atomic E-state index is 0.180. The van der Waals surface area contributed by atoms with E-state index in [9.17, 15) is 13.2 Å². The summed E-state index contributed by atoms with van der Waals surface area (Å²) in [6, 6.07) is 8.45. The number of thioether (sulfide) groups is 1. The fraction of sp³-hybridized carbons (Fsp3) is 0.381. The number of hydrogen-bond acceptors (Lipinski definition) is 8. The Bertz CT molecular complexity index is 1230. The summed E-state index contributed by atoms with van der Waals surface area (Å²) in [5.74, 6) is 0.871. The van der Waals surface area contributed by atoms with Gasteiger partial charge in [-0.05, 0) is 43.7 Å². The summed E-state index contributed by atoms with van der Waals surface area (Å²) in [7, 11) is -1.88. The number of aryl methyl sites for hydroxylation is 1. The van der Waals surface area contributed by atoms with Crippen molar-refractivity contribution in [1.29, 1.82) is 0 Å². The van der Waals surface area contributed by atoms with Crippen molar-refractivity contribution in [3.63, 3.8) is 0 Å². The van der Waals surface area contributed by atoms with Crippen LogP contribution in [0.15, 0.2) is 51.1 Å². The molecule has 3 heterocycles. The SMILES string of the molecule is Cc1ccc(NC(=O)C(C)Sc2nnc(-c3ccco3)n2C)cc1S(=O)(=O)N1CCOCC1. The van der Waals surface area contributed by atoms with E-state index in [1.807, 2.05) is 0 Å². The van der Waals surface area contributed by atoms with Crippen LogP contribution >= 0.6 is 11.8 Å². The Morgan fingerprint density at radius 2 is 1.97 bits per heavy atom. The third-order valence-corrected chi connectivity index (χ3v) is 8.45. The van der Waals surface area contributed by atoms with Gasteiger partial charge in [0.05, 0.1) is 29.6 Å². The number of amides is 1. The van der Waals surface area contributed by atoms with Crippen LogP contribution in [-0.4, -0.2) is 64.9 Å². The highest BCUT2D eigenvalue weighted by molar-refractivity contribution is 8.00. The zero-order valence-electron chi connectivity index (χ0n) is 18.5. The number of carbonyl (C=O) groups excluding carboxylic acids is 1. The highest BCUT2D eigenvalue weighted by Gasteiger charge is 2.28. The third-order valence-electron chi connectivity index (χ3n) is 5.27. The summed E-state index contributed by atoms with van der Waals surface area (Å²) >= 11 is 1.25. The molecule has 1 fully saturated rings. The molecule has 3 aromatic rings. The Balaban J connectivity index is 1.47. The molecule has 1 saturated heterocycles. The van der Waals surface area contributed by atoms with Gasteiger partial charge in [-0.25, -0.2) is 8.42 Å². The molecule has 0 bridgehead atoms. The van der Waals surface area contributed by atoms with Gasteiger partial charge in [0.25, 0.3) is 0 Å². The number of aromatic nitrogens is 3. The number of anilines is 1. The molecular formula is C21H25N5O5S2. The number of carbonyl (C=O) groups is 1. The van der Waals surface area contributed by atoms with Crippen molar-refractivity contribution in [3.8, 4) is 11.6 Å². The van der Waals surface area contributed by atoms with Gasteiger partial charge in [0.1, 0.15) is 0 Å². The van der Waals surface area contributed by atoms with E-state index in [1.54, 1.807) is 56.0 Å². The second-order valence-electron chi connectivity index (χ2n) is 7.59. The fourth-order valence-corrected chi connectivity index (χ4v) is 5.85. The summed E-state index contributed by atoms with van der Waals surface area (Å²) in [6.45, 7) is 4.84. The standard InChI is InChI=1S/C21H25N5O5S2/c1-14-6-7-16(13-18(14)33(28,29)26-8-11-30-12-9-26)22-20(27)15(2)32-21-24-23-19(25(21)3)17-5-4-10-31-17/h4-7,10,13,15H,8-9,11-12H2,1-3H3,(H,22,27). The van der Waals surface area contributed by atoms with E-state index in [0.717, 1.165) is 0 Å². The van der Waals surface area contributed by atoms with Gasteiger partial charge in [0, 0.05) is 25.8 Å². The number of furan rings is 1. The smallest absolute Gasteiger partial charge is 0.243 e. The maximum Gasteiger partial charge on any atom is 0.243 e. The molecule has 10 nitrogen and oxygen atoms in total. The molecule has 176 valence electrons. The number of benzene rings is 1. The first-order valence-corrected chi connectivity index (χ1v) is 12.7. The average Bonchev–Trinajstić information content (AvgIpc) is 3.46. The summed E-state index contributed by atoms with van der Waals surface area (Å²) in [5.41, 5.74) is 1.03. The lowest BCUT2D eigenvalue weighted by atomic mass is 10.2. The molecule has 1 aliphatic rings. The van der Waals surface area contributed by atoms with Crippen LogP contribution in [-0.2, 0) is 26.6 Å². The molecule has 1 aliphatic heterocycles. The van der Waals surface area contributed by atoms with E-state index in [1.165, 1.54) is 22.1 Å². The molecule has 0 saturated carbocycles. The van der Waals surface area contributed by atoms with Crippen molar-refractivity contribution < 1.29 is 22.4 Å². The van der Waals surface area contributed by atoms with Crippen LogP contribution in [0.3, 0.4) is 0 Å². The molecule has 1 unspecified atom stereocenters. The number of nitrogens with one attached hydrogen (secondary N) is 1. The van der Waals surface area contributed by atoms with Crippen molar-refractivity contribution in [2.45, 2.75) is 29.1 Å². The zero-order chi connectivity index (χ0) is 23.6. The first kappa shape index (κ1) is 23.5. The van der Waals surface area contributed by atoms with Crippen LogP contribution in [0.4, 0.5) is 5.69 Å². The predicted octanol–water partition coefficient (Wildman–Crippen LogP) is 2.52. The average molecular weight is 492 g/mol. The summed E-state index contributed by atoms with van der Waals surface area (Å²) < 4.78 is 40.0. The van der Waals surface area contributed by atoms with Crippen molar-refractivity contribution in [2.24, 2.45) is 7.05 Å². The molecule has 12 heteroatoms. The number of sulfonamides is 1. The zero-order valence-corrected chi connectivity index (χ0v) is 20.1.